The molecule has 1 aromatic rings. The number of likely N-dealkylation sites (tertiary alicyclic amines) is 1. The van der Waals surface area contributed by atoms with Gasteiger partial charge in [-0.15, -0.1) is 0 Å². The molecular formula is C16H21N3O2. The van der Waals surface area contributed by atoms with E-state index >= 15 is 0 Å². The van der Waals surface area contributed by atoms with Gasteiger partial charge in [0, 0.05) is 37.1 Å². The van der Waals surface area contributed by atoms with Gasteiger partial charge in [-0.3, -0.25) is 14.6 Å². The average molecular weight is 287 g/mol. The number of hydrogen-bond acceptors (Lipinski definition) is 3. The molecule has 1 aliphatic carbocycles. The molecule has 21 heavy (non-hydrogen) atoms. The monoisotopic (exact) mass is 287 g/mol. The standard InChI is InChI=1S/C16H21N3O2/c20-15-6-3-11-19(15)14-5-2-1-4-13(14)16(21)18-12-7-9-17-10-8-12/h7-10,13-14H,1-6,11H2,(H,17,18,21)/t13-,14+/m1/s1. The van der Waals surface area contributed by atoms with Crippen LogP contribution in [0, 0.1) is 5.92 Å². The Kier molecular flexibility index (Phi) is 4.18. The molecule has 1 saturated carbocycles. The number of aromatic nitrogens is 1. The molecule has 1 N–H and O–H groups in total. The van der Waals surface area contributed by atoms with Crippen LogP contribution in [-0.4, -0.2) is 34.3 Å². The Morgan fingerprint density at radius 3 is 2.67 bits per heavy atom. The first-order chi connectivity index (χ1) is 10.3. The molecule has 5 heteroatoms. The highest BCUT2D eigenvalue weighted by Gasteiger charge is 2.38. The lowest BCUT2D eigenvalue weighted by Crippen LogP contribution is -2.47. The number of nitrogens with zero attached hydrogens (tertiary/aromatic N) is 2. The maximum absolute atomic E-state index is 12.6. The van der Waals surface area contributed by atoms with Crippen LogP contribution in [0.15, 0.2) is 24.5 Å². The van der Waals surface area contributed by atoms with Gasteiger partial charge in [-0.1, -0.05) is 12.8 Å². The number of carbonyl (C=O) groups is 2. The maximum atomic E-state index is 12.6. The van der Waals surface area contributed by atoms with E-state index in [0.717, 1.165) is 44.3 Å². The molecule has 112 valence electrons. The summed E-state index contributed by atoms with van der Waals surface area (Å²) >= 11 is 0. The number of nitrogens with one attached hydrogen (secondary N) is 1. The zero-order chi connectivity index (χ0) is 14.7. The lowest BCUT2D eigenvalue weighted by molar-refractivity contribution is -0.133. The second-order valence-electron chi connectivity index (χ2n) is 5.87. The first-order valence-corrected chi connectivity index (χ1v) is 7.76. The Hall–Kier alpha value is -1.91. The molecule has 2 fully saturated rings. The summed E-state index contributed by atoms with van der Waals surface area (Å²) < 4.78 is 0. The van der Waals surface area contributed by atoms with Crippen molar-refractivity contribution < 1.29 is 9.59 Å². The minimum atomic E-state index is -0.0889. The second kappa shape index (κ2) is 6.24. The first kappa shape index (κ1) is 14.0. The van der Waals surface area contributed by atoms with Gasteiger partial charge in [-0.05, 0) is 31.4 Å². The molecule has 1 aliphatic heterocycles. The third-order valence-electron chi connectivity index (χ3n) is 4.52. The SMILES string of the molecule is O=C(Nc1ccncc1)[C@@H]1CCCC[C@@H]1N1CCCC1=O. The van der Waals surface area contributed by atoms with Crippen LogP contribution in [0.3, 0.4) is 0 Å². The van der Waals surface area contributed by atoms with Crippen LogP contribution in [0.5, 0.6) is 0 Å². The highest BCUT2D eigenvalue weighted by atomic mass is 16.2. The number of anilines is 1. The van der Waals surface area contributed by atoms with Crippen molar-refractivity contribution in [3.05, 3.63) is 24.5 Å². The van der Waals surface area contributed by atoms with Crippen LogP contribution in [0.25, 0.3) is 0 Å². The van der Waals surface area contributed by atoms with E-state index in [1.807, 2.05) is 4.90 Å². The summed E-state index contributed by atoms with van der Waals surface area (Å²) in [5.41, 5.74) is 0.770. The lowest BCUT2D eigenvalue weighted by Gasteiger charge is -2.37. The summed E-state index contributed by atoms with van der Waals surface area (Å²) in [5, 5.41) is 2.96. The molecular weight excluding hydrogens is 266 g/mol. The topological polar surface area (TPSA) is 62.3 Å². The predicted octanol–water partition coefficient (Wildman–Crippen LogP) is 2.20. The van der Waals surface area contributed by atoms with E-state index in [0.29, 0.717) is 6.42 Å². The molecule has 0 aromatic carbocycles. The van der Waals surface area contributed by atoms with E-state index in [1.165, 1.54) is 0 Å². The van der Waals surface area contributed by atoms with Crippen molar-refractivity contribution in [2.75, 3.05) is 11.9 Å². The van der Waals surface area contributed by atoms with Crippen molar-refractivity contribution in [1.82, 2.24) is 9.88 Å². The largest absolute Gasteiger partial charge is 0.339 e. The van der Waals surface area contributed by atoms with Crippen molar-refractivity contribution in [2.45, 2.75) is 44.6 Å². The van der Waals surface area contributed by atoms with Crippen molar-refractivity contribution in [1.29, 1.82) is 0 Å². The minimum Gasteiger partial charge on any atom is -0.339 e. The number of pyridine rings is 1. The van der Waals surface area contributed by atoms with Gasteiger partial charge in [0.05, 0.1) is 5.92 Å². The van der Waals surface area contributed by atoms with Gasteiger partial charge in [0.15, 0.2) is 0 Å². The summed E-state index contributed by atoms with van der Waals surface area (Å²) in [6.45, 7) is 0.808. The van der Waals surface area contributed by atoms with Gasteiger partial charge in [-0.25, -0.2) is 0 Å². The Bertz CT molecular complexity index is 518. The minimum absolute atomic E-state index is 0.0330. The molecule has 0 bridgehead atoms. The summed E-state index contributed by atoms with van der Waals surface area (Å²) in [4.78, 5) is 30.4. The third kappa shape index (κ3) is 3.06. The molecule has 2 heterocycles. The molecule has 2 atom stereocenters. The highest BCUT2D eigenvalue weighted by molar-refractivity contribution is 5.93. The molecule has 0 radical (unpaired) electrons. The van der Waals surface area contributed by atoms with Crippen molar-refractivity contribution in [3.8, 4) is 0 Å². The Balaban J connectivity index is 1.71. The van der Waals surface area contributed by atoms with Crippen molar-refractivity contribution in [2.24, 2.45) is 5.92 Å². The Morgan fingerprint density at radius 1 is 1.19 bits per heavy atom. The second-order valence-corrected chi connectivity index (χ2v) is 5.87. The fourth-order valence-corrected chi connectivity index (χ4v) is 3.48. The predicted molar refractivity (Wildman–Crippen MR) is 79.6 cm³/mol. The van der Waals surface area contributed by atoms with Crippen molar-refractivity contribution in [3.63, 3.8) is 0 Å². The van der Waals surface area contributed by atoms with Crippen LogP contribution in [0.1, 0.15) is 38.5 Å². The van der Waals surface area contributed by atoms with E-state index in [9.17, 15) is 9.59 Å². The van der Waals surface area contributed by atoms with Crippen LogP contribution in [0.2, 0.25) is 0 Å². The van der Waals surface area contributed by atoms with Gasteiger partial charge >= 0.3 is 0 Å². The van der Waals surface area contributed by atoms with Crippen molar-refractivity contribution >= 4 is 17.5 Å². The molecule has 3 rings (SSSR count). The van der Waals surface area contributed by atoms with Crippen LogP contribution in [-0.2, 0) is 9.59 Å². The third-order valence-corrected chi connectivity index (χ3v) is 4.52. The lowest BCUT2D eigenvalue weighted by atomic mass is 9.83. The number of hydrogen-bond donors (Lipinski definition) is 1. The van der Waals surface area contributed by atoms with Crippen LogP contribution < -0.4 is 5.32 Å². The van der Waals surface area contributed by atoms with E-state index in [2.05, 4.69) is 10.3 Å². The fourth-order valence-electron chi connectivity index (χ4n) is 3.48. The van der Waals surface area contributed by atoms with Gasteiger partial charge in [-0.2, -0.15) is 0 Å². The average Bonchev–Trinajstić information content (AvgIpc) is 2.94. The van der Waals surface area contributed by atoms with E-state index in [-0.39, 0.29) is 23.8 Å². The van der Waals surface area contributed by atoms with Crippen LogP contribution in [0.4, 0.5) is 5.69 Å². The summed E-state index contributed by atoms with van der Waals surface area (Å²) in [7, 11) is 0. The zero-order valence-corrected chi connectivity index (χ0v) is 12.1. The molecule has 2 amide bonds. The van der Waals surface area contributed by atoms with Crippen LogP contribution >= 0.6 is 0 Å². The molecule has 0 spiro atoms. The van der Waals surface area contributed by atoms with Gasteiger partial charge < -0.3 is 10.2 Å². The maximum Gasteiger partial charge on any atom is 0.229 e. The zero-order valence-electron chi connectivity index (χ0n) is 12.1. The number of amides is 2. The molecule has 1 aromatic heterocycles. The smallest absolute Gasteiger partial charge is 0.229 e. The van der Waals surface area contributed by atoms with E-state index < -0.39 is 0 Å². The van der Waals surface area contributed by atoms with E-state index in [1.54, 1.807) is 24.5 Å². The summed E-state index contributed by atoms with van der Waals surface area (Å²) in [5.74, 6) is 0.156. The highest BCUT2D eigenvalue weighted by Crippen LogP contribution is 2.32. The number of rotatable bonds is 3. The first-order valence-electron chi connectivity index (χ1n) is 7.76. The normalized spacial score (nSPS) is 25.9. The van der Waals surface area contributed by atoms with E-state index in [4.69, 9.17) is 0 Å². The van der Waals surface area contributed by atoms with Gasteiger partial charge in [0.1, 0.15) is 0 Å². The molecule has 1 saturated heterocycles. The molecule has 0 unspecified atom stereocenters. The van der Waals surface area contributed by atoms with Gasteiger partial charge in [0.25, 0.3) is 0 Å². The number of carbonyl (C=O) groups excluding carboxylic acids is 2. The summed E-state index contributed by atoms with van der Waals surface area (Å²) in [6, 6.07) is 3.66. The Labute approximate surface area is 124 Å². The van der Waals surface area contributed by atoms with Gasteiger partial charge in [0.2, 0.25) is 11.8 Å². The fraction of sp³-hybridized carbons (Fsp3) is 0.562. The summed E-state index contributed by atoms with van der Waals surface area (Å²) in [6.07, 6.45) is 8.87. The quantitative estimate of drug-likeness (QED) is 0.927. The molecule has 2 aliphatic rings. The Morgan fingerprint density at radius 2 is 1.95 bits per heavy atom. The molecule has 5 nitrogen and oxygen atoms in total.